The lowest BCUT2D eigenvalue weighted by atomic mass is 10.2. The molecule has 0 aromatic heterocycles. The topological polar surface area (TPSA) is 50.7 Å². The summed E-state index contributed by atoms with van der Waals surface area (Å²) in [5.74, 6) is -0.371. The van der Waals surface area contributed by atoms with Crippen molar-refractivity contribution in [3.05, 3.63) is 35.6 Å². The van der Waals surface area contributed by atoms with Gasteiger partial charge in [0.25, 0.3) is 11.9 Å². The molecule has 0 unspecified atom stereocenters. The van der Waals surface area contributed by atoms with Gasteiger partial charge in [-0.2, -0.15) is 0 Å². The van der Waals surface area contributed by atoms with Gasteiger partial charge in [-0.05, 0) is 37.1 Å². The largest absolute Gasteiger partial charge is 0.465 e. The van der Waals surface area contributed by atoms with Crippen LogP contribution < -0.4 is 5.32 Å². The van der Waals surface area contributed by atoms with Gasteiger partial charge in [-0.1, -0.05) is 13.8 Å². The van der Waals surface area contributed by atoms with Crippen LogP contribution in [0, 0.1) is 11.7 Å². The molecule has 1 amide bonds. The van der Waals surface area contributed by atoms with E-state index in [1.165, 1.54) is 24.3 Å². The highest BCUT2D eigenvalue weighted by molar-refractivity contribution is 6.04. The summed E-state index contributed by atoms with van der Waals surface area (Å²) in [7, 11) is 0. The van der Waals surface area contributed by atoms with E-state index in [0.29, 0.717) is 24.6 Å². The zero-order valence-corrected chi connectivity index (χ0v) is 11.4. The lowest BCUT2D eigenvalue weighted by Gasteiger charge is -2.10. The summed E-state index contributed by atoms with van der Waals surface area (Å²) in [4.78, 5) is 16.1. The minimum Gasteiger partial charge on any atom is -0.465 e. The van der Waals surface area contributed by atoms with Gasteiger partial charge in [-0.3, -0.25) is 10.1 Å². The Kier molecular flexibility index (Phi) is 5.99. The van der Waals surface area contributed by atoms with Crippen LogP contribution in [0.1, 0.15) is 31.1 Å². The van der Waals surface area contributed by atoms with Gasteiger partial charge in [0.1, 0.15) is 5.82 Å². The molecule has 4 nitrogen and oxygen atoms in total. The lowest BCUT2D eigenvalue weighted by molar-refractivity contribution is 0.0966. The van der Waals surface area contributed by atoms with E-state index in [-0.39, 0.29) is 17.7 Å². The Labute approximate surface area is 112 Å². The first-order valence-corrected chi connectivity index (χ1v) is 6.27. The van der Waals surface area contributed by atoms with Gasteiger partial charge in [0.2, 0.25) is 0 Å². The molecule has 0 aliphatic carbocycles. The van der Waals surface area contributed by atoms with Crippen molar-refractivity contribution < 1.29 is 13.9 Å². The maximum Gasteiger partial charge on any atom is 0.291 e. The maximum absolute atomic E-state index is 12.8. The fraction of sp³-hybridized carbons (Fsp3) is 0.429. The summed E-state index contributed by atoms with van der Waals surface area (Å²) in [6, 6.07) is 5.50. The maximum atomic E-state index is 12.8. The van der Waals surface area contributed by atoms with Crippen LogP contribution in [0.4, 0.5) is 4.39 Å². The molecule has 5 heteroatoms. The summed E-state index contributed by atoms with van der Waals surface area (Å²) in [6.45, 7) is 6.85. The monoisotopic (exact) mass is 266 g/mol. The molecule has 0 saturated heterocycles. The number of nitrogens with one attached hydrogen (secondary N) is 1. The van der Waals surface area contributed by atoms with Gasteiger partial charge in [0.15, 0.2) is 0 Å². The average Bonchev–Trinajstić information content (AvgIpc) is 2.37. The summed E-state index contributed by atoms with van der Waals surface area (Å²) in [5.41, 5.74) is 0.360. The molecule has 1 rings (SSSR count). The third-order valence-electron chi connectivity index (χ3n) is 2.21. The van der Waals surface area contributed by atoms with E-state index in [4.69, 9.17) is 4.74 Å². The molecule has 0 spiro atoms. The van der Waals surface area contributed by atoms with Gasteiger partial charge >= 0.3 is 0 Å². The van der Waals surface area contributed by atoms with Crippen molar-refractivity contribution in [2.45, 2.75) is 20.8 Å². The third-order valence-corrected chi connectivity index (χ3v) is 2.21. The molecule has 1 aromatic carbocycles. The molecule has 19 heavy (non-hydrogen) atoms. The zero-order chi connectivity index (χ0) is 14.3. The second-order valence-corrected chi connectivity index (χ2v) is 4.43. The van der Waals surface area contributed by atoms with Gasteiger partial charge in [0.05, 0.1) is 6.61 Å². The Morgan fingerprint density at radius 3 is 2.53 bits per heavy atom. The number of amides is 1. The molecular formula is C14H19FN2O2. The van der Waals surface area contributed by atoms with Crippen LogP contribution in [0.2, 0.25) is 0 Å². The van der Waals surface area contributed by atoms with Crippen LogP contribution in [0.25, 0.3) is 0 Å². The number of halogens is 1. The number of benzene rings is 1. The number of hydrogen-bond acceptors (Lipinski definition) is 3. The fourth-order valence-electron chi connectivity index (χ4n) is 1.29. The number of rotatable bonds is 4. The van der Waals surface area contributed by atoms with Crippen LogP contribution in [0.5, 0.6) is 0 Å². The highest BCUT2D eigenvalue weighted by atomic mass is 19.1. The molecule has 0 saturated carbocycles. The summed E-state index contributed by atoms with van der Waals surface area (Å²) in [6.07, 6.45) is 0. The highest BCUT2D eigenvalue weighted by Crippen LogP contribution is 2.02. The van der Waals surface area contributed by atoms with E-state index in [1.54, 1.807) is 0 Å². The van der Waals surface area contributed by atoms with Crippen LogP contribution in [0.3, 0.4) is 0 Å². The van der Waals surface area contributed by atoms with Gasteiger partial charge in [-0.15, -0.1) is 0 Å². The van der Waals surface area contributed by atoms with Crippen molar-refractivity contribution in [3.63, 3.8) is 0 Å². The molecule has 0 aliphatic heterocycles. The highest BCUT2D eigenvalue weighted by Gasteiger charge is 2.09. The summed E-state index contributed by atoms with van der Waals surface area (Å²) in [5, 5.41) is 2.58. The third kappa shape index (κ3) is 5.50. The molecule has 0 heterocycles. The first-order chi connectivity index (χ1) is 9.02. The predicted octanol–water partition coefficient (Wildman–Crippen LogP) is 2.60. The van der Waals surface area contributed by atoms with Gasteiger partial charge in [0, 0.05) is 12.1 Å². The Balaban J connectivity index is 2.70. The number of aliphatic imine (C=N–C) groups is 1. The van der Waals surface area contributed by atoms with Crippen LogP contribution >= 0.6 is 0 Å². The van der Waals surface area contributed by atoms with E-state index in [1.807, 2.05) is 20.8 Å². The number of ether oxygens (including phenoxy) is 1. The molecule has 0 fully saturated rings. The first kappa shape index (κ1) is 15.1. The molecule has 0 atom stereocenters. The molecule has 0 bridgehead atoms. The Bertz CT molecular complexity index is 441. The second-order valence-electron chi connectivity index (χ2n) is 4.43. The van der Waals surface area contributed by atoms with Crippen molar-refractivity contribution in [1.29, 1.82) is 0 Å². The Morgan fingerprint density at radius 1 is 1.37 bits per heavy atom. The molecule has 0 radical (unpaired) electrons. The molecule has 1 aromatic rings. The van der Waals surface area contributed by atoms with Gasteiger partial charge in [-0.25, -0.2) is 9.38 Å². The number of hydrogen-bond donors (Lipinski definition) is 1. The van der Waals surface area contributed by atoms with Crippen molar-refractivity contribution >= 4 is 11.9 Å². The van der Waals surface area contributed by atoms with E-state index in [9.17, 15) is 9.18 Å². The van der Waals surface area contributed by atoms with E-state index >= 15 is 0 Å². The average molecular weight is 266 g/mol. The standard InChI is InChI=1S/C14H19FN2O2/c1-4-19-14(16-9-10(2)3)17-13(18)11-5-7-12(15)8-6-11/h5-8,10H,4,9H2,1-3H3,(H,16,17,18). The Morgan fingerprint density at radius 2 is 2.00 bits per heavy atom. The molecule has 0 aliphatic rings. The van der Waals surface area contributed by atoms with Crippen LogP contribution in [0.15, 0.2) is 29.3 Å². The molecule has 1 N–H and O–H groups in total. The quantitative estimate of drug-likeness (QED) is 0.672. The van der Waals surface area contributed by atoms with E-state index in [2.05, 4.69) is 10.3 Å². The number of carbonyl (C=O) groups is 1. The fourth-order valence-corrected chi connectivity index (χ4v) is 1.29. The number of amidine groups is 1. The summed E-state index contributed by atoms with van der Waals surface area (Å²) >= 11 is 0. The first-order valence-electron chi connectivity index (χ1n) is 6.27. The van der Waals surface area contributed by atoms with Gasteiger partial charge < -0.3 is 4.74 Å². The SMILES string of the molecule is CCOC(=NCC(C)C)NC(=O)c1ccc(F)cc1. The van der Waals surface area contributed by atoms with Crippen molar-refractivity contribution in [1.82, 2.24) is 5.32 Å². The smallest absolute Gasteiger partial charge is 0.291 e. The van der Waals surface area contributed by atoms with Crippen molar-refractivity contribution in [2.24, 2.45) is 10.9 Å². The molecule has 104 valence electrons. The van der Waals surface area contributed by atoms with E-state index in [0.717, 1.165) is 0 Å². The minimum absolute atomic E-state index is 0.200. The molecular weight excluding hydrogens is 247 g/mol. The normalized spacial score (nSPS) is 11.5. The minimum atomic E-state index is -0.380. The van der Waals surface area contributed by atoms with Crippen LogP contribution in [-0.2, 0) is 4.74 Å². The Hall–Kier alpha value is -1.91. The van der Waals surface area contributed by atoms with Crippen molar-refractivity contribution in [3.8, 4) is 0 Å². The number of nitrogens with zero attached hydrogens (tertiary/aromatic N) is 1. The predicted molar refractivity (Wildman–Crippen MR) is 72.6 cm³/mol. The number of carbonyl (C=O) groups excluding carboxylic acids is 1. The summed E-state index contributed by atoms with van der Waals surface area (Å²) < 4.78 is 18.0. The van der Waals surface area contributed by atoms with Crippen LogP contribution in [-0.4, -0.2) is 25.1 Å². The van der Waals surface area contributed by atoms with E-state index < -0.39 is 0 Å². The lowest BCUT2D eigenvalue weighted by Crippen LogP contribution is -2.33. The second kappa shape index (κ2) is 7.51. The zero-order valence-electron chi connectivity index (χ0n) is 11.4. The van der Waals surface area contributed by atoms with Crippen molar-refractivity contribution in [2.75, 3.05) is 13.2 Å².